The molecule has 0 atom stereocenters. The van der Waals surface area contributed by atoms with Crippen molar-refractivity contribution in [2.75, 3.05) is 7.11 Å². The van der Waals surface area contributed by atoms with Gasteiger partial charge in [-0.05, 0) is 18.2 Å². The average Bonchev–Trinajstić information content (AvgIpc) is 2.41. The van der Waals surface area contributed by atoms with Gasteiger partial charge in [0.25, 0.3) is 5.88 Å². The summed E-state index contributed by atoms with van der Waals surface area (Å²) < 4.78 is 23.8. The third kappa shape index (κ3) is 3.12. The minimum Gasteiger partial charge on any atom is -0.497 e. The van der Waals surface area contributed by atoms with E-state index in [0.717, 1.165) is 6.07 Å². The number of aromatic nitrogens is 1. The Labute approximate surface area is 114 Å². The molecule has 0 radical (unpaired) electrons. The number of nitriles is 1. The van der Waals surface area contributed by atoms with E-state index in [-0.39, 0.29) is 16.7 Å². The number of nitrogens with zero attached hydrogens (tertiary/aromatic N) is 2. The highest BCUT2D eigenvalue weighted by atomic mass is 35.5. The average molecular weight is 279 g/mol. The van der Waals surface area contributed by atoms with Crippen LogP contribution in [-0.2, 0) is 0 Å². The summed E-state index contributed by atoms with van der Waals surface area (Å²) in [7, 11) is 1.46. The van der Waals surface area contributed by atoms with Gasteiger partial charge in [-0.2, -0.15) is 5.26 Å². The lowest BCUT2D eigenvalue weighted by Crippen LogP contribution is -1.93. The summed E-state index contributed by atoms with van der Waals surface area (Å²) in [5.41, 5.74) is 0.337. The highest BCUT2D eigenvalue weighted by Crippen LogP contribution is 2.28. The molecule has 0 saturated carbocycles. The Hall–Kier alpha value is -2.32. The van der Waals surface area contributed by atoms with E-state index in [2.05, 4.69) is 4.98 Å². The van der Waals surface area contributed by atoms with E-state index in [1.807, 2.05) is 6.07 Å². The zero-order valence-electron chi connectivity index (χ0n) is 9.85. The second-order valence-electron chi connectivity index (χ2n) is 3.55. The predicted molar refractivity (Wildman–Crippen MR) is 67.0 cm³/mol. The van der Waals surface area contributed by atoms with Crippen LogP contribution in [0.2, 0.25) is 5.02 Å². The zero-order valence-corrected chi connectivity index (χ0v) is 10.6. The standard InChI is InChI=1S/C13H8ClFN2O2/c1-18-10-2-8(6-16)3-11(5-10)19-13-12(15)4-9(14)7-17-13/h2-5,7H,1H3. The monoisotopic (exact) mass is 278 g/mol. The molecule has 6 heteroatoms. The first kappa shape index (κ1) is 13.1. The Bertz CT molecular complexity index is 656. The molecule has 2 aromatic rings. The SMILES string of the molecule is COc1cc(C#N)cc(Oc2ncc(Cl)cc2F)c1. The van der Waals surface area contributed by atoms with Gasteiger partial charge in [-0.1, -0.05) is 11.6 Å². The first-order valence-corrected chi connectivity index (χ1v) is 5.58. The van der Waals surface area contributed by atoms with Crippen LogP contribution in [0, 0.1) is 17.1 Å². The Morgan fingerprint density at radius 3 is 2.63 bits per heavy atom. The van der Waals surface area contributed by atoms with E-state index in [1.165, 1.54) is 25.4 Å². The van der Waals surface area contributed by atoms with Crippen molar-refractivity contribution >= 4 is 11.6 Å². The molecule has 0 aliphatic rings. The van der Waals surface area contributed by atoms with Crippen molar-refractivity contribution in [3.63, 3.8) is 0 Å². The van der Waals surface area contributed by atoms with Crippen molar-refractivity contribution in [1.29, 1.82) is 5.26 Å². The molecule has 0 spiro atoms. The topological polar surface area (TPSA) is 55.1 Å². The summed E-state index contributed by atoms with van der Waals surface area (Å²) >= 11 is 5.59. The number of hydrogen-bond donors (Lipinski definition) is 0. The molecule has 0 amide bonds. The maximum Gasteiger partial charge on any atom is 0.255 e. The van der Waals surface area contributed by atoms with Crippen molar-refractivity contribution in [1.82, 2.24) is 4.98 Å². The highest BCUT2D eigenvalue weighted by Gasteiger charge is 2.09. The van der Waals surface area contributed by atoms with Gasteiger partial charge in [0.15, 0.2) is 5.82 Å². The van der Waals surface area contributed by atoms with Crippen molar-refractivity contribution in [3.05, 3.63) is 46.9 Å². The Morgan fingerprint density at radius 2 is 2.00 bits per heavy atom. The van der Waals surface area contributed by atoms with E-state index in [9.17, 15) is 4.39 Å². The largest absolute Gasteiger partial charge is 0.497 e. The van der Waals surface area contributed by atoms with Gasteiger partial charge in [0, 0.05) is 12.3 Å². The summed E-state index contributed by atoms with van der Waals surface area (Å²) in [4.78, 5) is 3.73. The molecule has 0 N–H and O–H groups in total. The van der Waals surface area contributed by atoms with Gasteiger partial charge in [0.1, 0.15) is 11.5 Å². The molecule has 0 aliphatic carbocycles. The molecule has 0 saturated heterocycles. The number of pyridine rings is 1. The van der Waals surface area contributed by atoms with Gasteiger partial charge < -0.3 is 9.47 Å². The number of rotatable bonds is 3. The molecule has 2 rings (SSSR count). The molecule has 0 bridgehead atoms. The second-order valence-corrected chi connectivity index (χ2v) is 3.99. The summed E-state index contributed by atoms with van der Waals surface area (Å²) in [6.07, 6.45) is 1.27. The highest BCUT2D eigenvalue weighted by molar-refractivity contribution is 6.30. The van der Waals surface area contributed by atoms with E-state index < -0.39 is 5.82 Å². The van der Waals surface area contributed by atoms with Crippen molar-refractivity contribution in [3.8, 4) is 23.4 Å². The number of halogens is 2. The lowest BCUT2D eigenvalue weighted by atomic mass is 10.2. The summed E-state index contributed by atoms with van der Waals surface area (Å²) in [5.74, 6) is -0.219. The van der Waals surface area contributed by atoms with Gasteiger partial charge in [0.2, 0.25) is 0 Å². The fourth-order valence-corrected chi connectivity index (χ4v) is 1.55. The summed E-state index contributed by atoms with van der Waals surface area (Å²) in [6, 6.07) is 7.57. The maximum absolute atomic E-state index is 13.5. The molecule has 1 aromatic heterocycles. The van der Waals surface area contributed by atoms with E-state index in [0.29, 0.717) is 11.3 Å². The summed E-state index contributed by atoms with van der Waals surface area (Å²) in [6.45, 7) is 0. The number of benzene rings is 1. The maximum atomic E-state index is 13.5. The molecular weight excluding hydrogens is 271 g/mol. The third-order valence-corrected chi connectivity index (χ3v) is 2.44. The van der Waals surface area contributed by atoms with Crippen molar-refractivity contribution < 1.29 is 13.9 Å². The van der Waals surface area contributed by atoms with Crippen LogP contribution < -0.4 is 9.47 Å². The Morgan fingerprint density at radius 1 is 1.26 bits per heavy atom. The quantitative estimate of drug-likeness (QED) is 0.861. The molecule has 1 aromatic carbocycles. The number of ether oxygens (including phenoxy) is 2. The van der Waals surface area contributed by atoms with Crippen molar-refractivity contribution in [2.45, 2.75) is 0 Å². The van der Waals surface area contributed by atoms with Crippen LogP contribution in [0.15, 0.2) is 30.5 Å². The van der Waals surface area contributed by atoms with Crippen LogP contribution in [0.4, 0.5) is 4.39 Å². The smallest absolute Gasteiger partial charge is 0.255 e. The van der Waals surface area contributed by atoms with Gasteiger partial charge >= 0.3 is 0 Å². The van der Waals surface area contributed by atoms with E-state index in [1.54, 1.807) is 6.07 Å². The second kappa shape index (κ2) is 5.55. The fourth-order valence-electron chi connectivity index (χ4n) is 1.40. The van der Waals surface area contributed by atoms with E-state index in [4.69, 9.17) is 26.3 Å². The van der Waals surface area contributed by atoms with Crippen LogP contribution in [0.3, 0.4) is 0 Å². The lowest BCUT2D eigenvalue weighted by Gasteiger charge is -2.08. The molecule has 19 heavy (non-hydrogen) atoms. The molecule has 4 nitrogen and oxygen atoms in total. The minimum absolute atomic E-state index is 0.174. The lowest BCUT2D eigenvalue weighted by molar-refractivity contribution is 0.399. The van der Waals surface area contributed by atoms with Crippen LogP contribution in [0.1, 0.15) is 5.56 Å². The van der Waals surface area contributed by atoms with Gasteiger partial charge in [0.05, 0.1) is 23.8 Å². The van der Waals surface area contributed by atoms with Gasteiger partial charge in [-0.3, -0.25) is 0 Å². The molecule has 0 fully saturated rings. The van der Waals surface area contributed by atoms with Gasteiger partial charge in [-0.25, -0.2) is 9.37 Å². The molecule has 0 aliphatic heterocycles. The summed E-state index contributed by atoms with van der Waals surface area (Å²) in [5, 5.41) is 9.05. The normalized spacial score (nSPS) is 9.79. The molecule has 96 valence electrons. The van der Waals surface area contributed by atoms with Crippen LogP contribution in [0.5, 0.6) is 17.4 Å². The van der Waals surface area contributed by atoms with Crippen LogP contribution in [0.25, 0.3) is 0 Å². The first-order valence-electron chi connectivity index (χ1n) is 5.20. The fraction of sp³-hybridized carbons (Fsp3) is 0.0769. The van der Waals surface area contributed by atoms with Gasteiger partial charge in [-0.15, -0.1) is 0 Å². The van der Waals surface area contributed by atoms with E-state index >= 15 is 0 Å². The predicted octanol–water partition coefficient (Wildman–Crippen LogP) is 3.55. The van der Waals surface area contributed by atoms with Crippen LogP contribution >= 0.6 is 11.6 Å². The molecule has 0 unspecified atom stereocenters. The minimum atomic E-state index is -0.686. The molecule has 1 heterocycles. The van der Waals surface area contributed by atoms with Crippen molar-refractivity contribution in [2.24, 2.45) is 0 Å². The molecular formula is C13H8ClFN2O2. The Balaban J connectivity index is 2.35. The number of methoxy groups -OCH3 is 1. The zero-order chi connectivity index (χ0) is 13.8. The first-order chi connectivity index (χ1) is 9.12. The third-order valence-electron chi connectivity index (χ3n) is 2.23. The Kier molecular flexibility index (Phi) is 3.83. The van der Waals surface area contributed by atoms with Crippen LogP contribution in [-0.4, -0.2) is 12.1 Å². The number of hydrogen-bond acceptors (Lipinski definition) is 4.